The molecule has 2 N–H and O–H groups in total. The quantitative estimate of drug-likeness (QED) is 0.740. The number of rotatable bonds is 3. The number of hydrogen-bond donors (Lipinski definition) is 1. The van der Waals surface area contributed by atoms with Crippen LogP contribution in [0.25, 0.3) is 16.6 Å². The van der Waals surface area contributed by atoms with Gasteiger partial charge in [-0.1, -0.05) is 12.1 Å². The fraction of sp³-hybridized carbons (Fsp3) is 0.150. The van der Waals surface area contributed by atoms with Crippen molar-refractivity contribution in [1.29, 1.82) is 5.26 Å². The molecule has 0 saturated carbocycles. The summed E-state index contributed by atoms with van der Waals surface area (Å²) in [6, 6.07) is 12.7. The van der Waals surface area contributed by atoms with Gasteiger partial charge in [-0.3, -0.25) is 9.59 Å². The summed E-state index contributed by atoms with van der Waals surface area (Å²) in [7, 11) is 2.99. The van der Waals surface area contributed by atoms with E-state index in [2.05, 4.69) is 0 Å². The Bertz CT molecular complexity index is 1310. The molecule has 0 saturated heterocycles. The number of methoxy groups -OCH3 is 2. The van der Waals surface area contributed by atoms with Gasteiger partial charge in [0.25, 0.3) is 11.1 Å². The smallest absolute Gasteiger partial charge is 0.279 e. The van der Waals surface area contributed by atoms with Crippen molar-refractivity contribution in [2.24, 2.45) is 5.73 Å². The van der Waals surface area contributed by atoms with Crippen LogP contribution in [0.1, 0.15) is 11.6 Å². The largest absolute Gasteiger partial charge is 0.497 e. The summed E-state index contributed by atoms with van der Waals surface area (Å²) in [6.45, 7) is 0. The van der Waals surface area contributed by atoms with E-state index in [1.54, 1.807) is 42.5 Å². The van der Waals surface area contributed by atoms with Crippen molar-refractivity contribution < 1.29 is 9.47 Å². The minimum Gasteiger partial charge on any atom is -0.497 e. The fourth-order valence-electron chi connectivity index (χ4n) is 3.58. The van der Waals surface area contributed by atoms with Crippen LogP contribution in [0.4, 0.5) is 0 Å². The van der Waals surface area contributed by atoms with E-state index in [1.807, 2.05) is 6.07 Å². The van der Waals surface area contributed by atoms with Gasteiger partial charge in [0, 0.05) is 5.56 Å². The molecule has 2 heterocycles. The summed E-state index contributed by atoms with van der Waals surface area (Å²) >= 11 is 0. The summed E-state index contributed by atoms with van der Waals surface area (Å²) in [4.78, 5) is 26.3. The Balaban J connectivity index is 2.15. The molecular formula is C20H16N4O4. The molecule has 0 spiro atoms. The number of allylic oxidation sites excluding steroid dienone is 1. The maximum absolute atomic E-state index is 13.3. The van der Waals surface area contributed by atoms with Gasteiger partial charge in [0.2, 0.25) is 0 Å². The molecule has 0 aliphatic carbocycles. The highest BCUT2D eigenvalue weighted by molar-refractivity contribution is 5.82. The van der Waals surface area contributed by atoms with Crippen molar-refractivity contribution >= 4 is 16.6 Å². The second kappa shape index (κ2) is 6.32. The summed E-state index contributed by atoms with van der Waals surface area (Å²) in [5.41, 5.74) is 5.81. The van der Waals surface area contributed by atoms with Gasteiger partial charge in [0.1, 0.15) is 35.0 Å². The van der Waals surface area contributed by atoms with E-state index in [-0.39, 0.29) is 22.2 Å². The van der Waals surface area contributed by atoms with Gasteiger partial charge in [0.05, 0.1) is 25.0 Å². The highest BCUT2D eigenvalue weighted by Gasteiger charge is 2.36. The molecule has 3 aromatic rings. The standard InChI is InChI=1S/C20H16N4O4/c1-27-11-7-8-16(28-2)14(9-11)17-15(10-21)18(22)24-20(26)13-6-4-3-5-12(13)19(25)23(17)24/h3-9,17H,22H2,1-2H3. The van der Waals surface area contributed by atoms with Crippen LogP contribution in [0, 0.1) is 11.3 Å². The molecule has 1 atom stereocenters. The second-order valence-corrected chi connectivity index (χ2v) is 6.23. The molecule has 1 aromatic heterocycles. The monoisotopic (exact) mass is 376 g/mol. The zero-order chi connectivity index (χ0) is 20.0. The lowest BCUT2D eigenvalue weighted by Gasteiger charge is -2.19. The van der Waals surface area contributed by atoms with Gasteiger partial charge >= 0.3 is 0 Å². The second-order valence-electron chi connectivity index (χ2n) is 6.23. The van der Waals surface area contributed by atoms with Crippen LogP contribution in [-0.2, 0) is 0 Å². The molecular weight excluding hydrogens is 360 g/mol. The first kappa shape index (κ1) is 17.4. The molecule has 8 nitrogen and oxygen atoms in total. The van der Waals surface area contributed by atoms with Gasteiger partial charge in [-0.15, -0.1) is 0 Å². The SMILES string of the molecule is COc1ccc(OC)c(C2C(C#N)=C(N)n3c(=O)c4ccccc4c(=O)n32)c1. The minimum absolute atomic E-state index is 0.0785. The van der Waals surface area contributed by atoms with Crippen LogP contribution in [0.2, 0.25) is 0 Å². The van der Waals surface area contributed by atoms with Crippen molar-refractivity contribution in [3.8, 4) is 17.6 Å². The lowest BCUT2D eigenvalue weighted by molar-refractivity contribution is 0.392. The molecule has 1 aliphatic heterocycles. The number of hydrogen-bond acceptors (Lipinski definition) is 6. The van der Waals surface area contributed by atoms with Crippen LogP contribution in [-0.4, -0.2) is 23.6 Å². The van der Waals surface area contributed by atoms with Crippen molar-refractivity contribution in [2.75, 3.05) is 14.2 Å². The van der Waals surface area contributed by atoms with Gasteiger partial charge in [-0.25, -0.2) is 4.68 Å². The molecule has 0 bridgehead atoms. The zero-order valence-electron chi connectivity index (χ0n) is 15.2. The Kier molecular flexibility index (Phi) is 3.93. The van der Waals surface area contributed by atoms with Crippen molar-refractivity contribution in [2.45, 2.75) is 6.04 Å². The highest BCUT2D eigenvalue weighted by Crippen LogP contribution is 2.38. The molecule has 0 fully saturated rings. The Morgan fingerprint density at radius 2 is 1.71 bits per heavy atom. The highest BCUT2D eigenvalue weighted by atomic mass is 16.5. The molecule has 2 aromatic carbocycles. The predicted octanol–water partition coefficient (Wildman–Crippen LogP) is 1.43. The van der Waals surface area contributed by atoms with Gasteiger partial charge in [-0.05, 0) is 30.3 Å². The average molecular weight is 376 g/mol. The third-order valence-corrected chi connectivity index (χ3v) is 4.88. The lowest BCUT2D eigenvalue weighted by Crippen LogP contribution is -2.38. The van der Waals surface area contributed by atoms with Crippen molar-refractivity contribution in [3.63, 3.8) is 0 Å². The Morgan fingerprint density at radius 1 is 1.04 bits per heavy atom. The predicted molar refractivity (Wildman–Crippen MR) is 103 cm³/mol. The molecule has 0 radical (unpaired) electrons. The number of aromatic nitrogens is 2. The van der Waals surface area contributed by atoms with Crippen molar-refractivity contribution in [1.82, 2.24) is 9.36 Å². The van der Waals surface area contributed by atoms with Crippen LogP contribution < -0.4 is 26.3 Å². The number of nitrogens with zero attached hydrogens (tertiary/aromatic N) is 3. The molecule has 1 aliphatic rings. The van der Waals surface area contributed by atoms with Crippen LogP contribution in [0.15, 0.2) is 57.6 Å². The summed E-state index contributed by atoms with van der Waals surface area (Å²) in [5, 5.41) is 10.2. The topological polar surface area (TPSA) is 112 Å². The third-order valence-electron chi connectivity index (χ3n) is 4.88. The summed E-state index contributed by atoms with van der Waals surface area (Å²) in [5.74, 6) is 0.874. The summed E-state index contributed by atoms with van der Waals surface area (Å²) in [6.07, 6.45) is 0. The molecule has 0 amide bonds. The van der Waals surface area contributed by atoms with Crippen LogP contribution >= 0.6 is 0 Å². The molecule has 8 heteroatoms. The van der Waals surface area contributed by atoms with E-state index in [1.165, 1.54) is 18.9 Å². The van der Waals surface area contributed by atoms with E-state index >= 15 is 0 Å². The first-order chi connectivity index (χ1) is 13.5. The fourth-order valence-corrected chi connectivity index (χ4v) is 3.58. The zero-order valence-corrected chi connectivity index (χ0v) is 15.2. The molecule has 140 valence electrons. The molecule has 1 unspecified atom stereocenters. The number of nitriles is 1. The van der Waals surface area contributed by atoms with Crippen LogP contribution in [0.3, 0.4) is 0 Å². The minimum atomic E-state index is -0.917. The lowest BCUT2D eigenvalue weighted by atomic mass is 9.99. The van der Waals surface area contributed by atoms with Gasteiger partial charge in [0.15, 0.2) is 0 Å². The molecule has 28 heavy (non-hydrogen) atoms. The first-order valence-corrected chi connectivity index (χ1v) is 8.42. The number of ether oxygens (including phenoxy) is 2. The van der Waals surface area contributed by atoms with Crippen molar-refractivity contribution in [3.05, 3.63) is 74.3 Å². The Hall–Kier alpha value is -3.99. The van der Waals surface area contributed by atoms with Crippen LogP contribution in [0.5, 0.6) is 11.5 Å². The number of benzene rings is 2. The normalized spacial score (nSPS) is 15.4. The number of fused-ring (bicyclic) bond motifs is 2. The third kappa shape index (κ3) is 2.23. The summed E-state index contributed by atoms with van der Waals surface area (Å²) < 4.78 is 13.0. The number of nitrogens with two attached hydrogens (primary N) is 1. The maximum atomic E-state index is 13.3. The van der Waals surface area contributed by atoms with E-state index in [0.717, 1.165) is 4.68 Å². The Labute approximate surface area is 159 Å². The first-order valence-electron chi connectivity index (χ1n) is 8.42. The van der Waals surface area contributed by atoms with E-state index in [0.29, 0.717) is 17.1 Å². The molecule has 4 rings (SSSR count). The average Bonchev–Trinajstić information content (AvgIpc) is 3.03. The Morgan fingerprint density at radius 3 is 2.32 bits per heavy atom. The van der Waals surface area contributed by atoms with Gasteiger partial charge in [-0.2, -0.15) is 9.94 Å². The maximum Gasteiger partial charge on any atom is 0.279 e. The van der Waals surface area contributed by atoms with Gasteiger partial charge < -0.3 is 15.2 Å². The van der Waals surface area contributed by atoms with E-state index < -0.39 is 17.2 Å². The van der Waals surface area contributed by atoms with E-state index in [4.69, 9.17) is 15.2 Å². The van der Waals surface area contributed by atoms with E-state index in [9.17, 15) is 14.9 Å².